The van der Waals surface area contributed by atoms with Crippen LogP contribution in [0.1, 0.15) is 24.8 Å². The summed E-state index contributed by atoms with van der Waals surface area (Å²) in [6, 6.07) is 10.6. The van der Waals surface area contributed by atoms with Crippen molar-refractivity contribution in [2.75, 3.05) is 6.54 Å². The molecular weight excluding hydrogens is 208 g/mol. The van der Waals surface area contributed by atoms with Crippen LogP contribution in [-0.2, 0) is 6.54 Å². The Bertz CT molecular complexity index is 503. The molecule has 1 aromatic heterocycles. The molecule has 1 aliphatic rings. The molecule has 2 aromatic rings. The lowest BCUT2D eigenvalue weighted by atomic mass is 10.1. The molecule has 1 heterocycles. The van der Waals surface area contributed by atoms with Gasteiger partial charge in [-0.05, 0) is 42.6 Å². The van der Waals surface area contributed by atoms with Crippen LogP contribution >= 0.6 is 0 Å². The predicted molar refractivity (Wildman–Crippen MR) is 70.8 cm³/mol. The van der Waals surface area contributed by atoms with E-state index < -0.39 is 0 Å². The minimum absolute atomic E-state index is 0.970. The van der Waals surface area contributed by atoms with Gasteiger partial charge in [-0.25, -0.2) is 0 Å². The van der Waals surface area contributed by atoms with Gasteiger partial charge in [-0.3, -0.25) is 4.98 Å². The zero-order valence-electron chi connectivity index (χ0n) is 10.0. The van der Waals surface area contributed by atoms with Crippen LogP contribution in [0.25, 0.3) is 10.9 Å². The van der Waals surface area contributed by atoms with Gasteiger partial charge in [-0.1, -0.05) is 25.0 Å². The summed E-state index contributed by atoms with van der Waals surface area (Å²) in [6.07, 6.45) is 6.08. The average molecular weight is 226 g/mol. The Morgan fingerprint density at radius 3 is 3.06 bits per heavy atom. The van der Waals surface area contributed by atoms with Crippen LogP contribution in [0.4, 0.5) is 0 Å². The molecular formula is C15H18N2. The number of nitrogens with one attached hydrogen (secondary N) is 1. The van der Waals surface area contributed by atoms with E-state index in [2.05, 4.69) is 34.6 Å². The molecule has 0 atom stereocenters. The van der Waals surface area contributed by atoms with Gasteiger partial charge in [0.15, 0.2) is 0 Å². The summed E-state index contributed by atoms with van der Waals surface area (Å²) in [4.78, 5) is 4.33. The van der Waals surface area contributed by atoms with E-state index in [-0.39, 0.29) is 0 Å². The number of hydrogen-bond acceptors (Lipinski definition) is 2. The molecule has 0 spiro atoms. The Balaban J connectivity index is 1.59. The maximum absolute atomic E-state index is 4.33. The van der Waals surface area contributed by atoms with Crippen molar-refractivity contribution in [3.05, 3.63) is 42.1 Å². The third-order valence-corrected chi connectivity index (χ3v) is 3.42. The van der Waals surface area contributed by atoms with E-state index in [1.54, 1.807) is 0 Å². The standard InChI is InChI=1S/C15H18N2/c1-2-14-10-13(5-6-15(14)17-8-1)11-16-9-7-12-3-4-12/h1-2,5-6,8,10,12,16H,3-4,7,9,11H2. The Labute approximate surface area is 102 Å². The molecule has 0 bridgehead atoms. The highest BCUT2D eigenvalue weighted by molar-refractivity contribution is 5.78. The molecule has 1 aromatic carbocycles. The van der Waals surface area contributed by atoms with Gasteiger partial charge >= 0.3 is 0 Å². The third kappa shape index (κ3) is 2.83. The lowest BCUT2D eigenvalue weighted by Crippen LogP contribution is -2.15. The van der Waals surface area contributed by atoms with Gasteiger partial charge in [-0.2, -0.15) is 0 Å². The Morgan fingerprint density at radius 1 is 1.24 bits per heavy atom. The topological polar surface area (TPSA) is 24.9 Å². The van der Waals surface area contributed by atoms with Gasteiger partial charge in [-0.15, -0.1) is 0 Å². The molecule has 0 amide bonds. The second-order valence-electron chi connectivity index (χ2n) is 4.94. The van der Waals surface area contributed by atoms with Crippen LogP contribution in [0.15, 0.2) is 36.5 Å². The molecule has 1 aliphatic carbocycles. The minimum atomic E-state index is 0.970. The number of nitrogens with zero attached hydrogens (tertiary/aromatic N) is 1. The summed E-state index contributed by atoms with van der Waals surface area (Å²) in [5.41, 5.74) is 2.43. The van der Waals surface area contributed by atoms with E-state index in [1.165, 1.54) is 30.2 Å². The van der Waals surface area contributed by atoms with Crippen LogP contribution in [0, 0.1) is 5.92 Å². The first-order valence-corrected chi connectivity index (χ1v) is 6.46. The lowest BCUT2D eigenvalue weighted by molar-refractivity contribution is 0.613. The van der Waals surface area contributed by atoms with Gasteiger partial charge in [0, 0.05) is 18.1 Å². The van der Waals surface area contributed by atoms with E-state index in [4.69, 9.17) is 0 Å². The normalized spacial score (nSPS) is 15.3. The molecule has 88 valence electrons. The molecule has 1 saturated carbocycles. The van der Waals surface area contributed by atoms with Crippen LogP contribution in [-0.4, -0.2) is 11.5 Å². The van der Waals surface area contributed by atoms with Crippen molar-refractivity contribution < 1.29 is 0 Å². The molecule has 0 saturated heterocycles. The Kier molecular flexibility index (Phi) is 3.06. The highest BCUT2D eigenvalue weighted by Crippen LogP contribution is 2.31. The van der Waals surface area contributed by atoms with Crippen molar-refractivity contribution in [3.63, 3.8) is 0 Å². The van der Waals surface area contributed by atoms with Crippen molar-refractivity contribution in [2.45, 2.75) is 25.8 Å². The molecule has 2 heteroatoms. The zero-order valence-corrected chi connectivity index (χ0v) is 10.0. The van der Waals surface area contributed by atoms with Crippen molar-refractivity contribution in [3.8, 4) is 0 Å². The third-order valence-electron chi connectivity index (χ3n) is 3.42. The highest BCUT2D eigenvalue weighted by Gasteiger charge is 2.19. The fourth-order valence-electron chi connectivity index (χ4n) is 2.18. The SMILES string of the molecule is c1cnc2ccc(CNCCC3CC3)cc2c1. The molecule has 3 rings (SSSR count). The fourth-order valence-corrected chi connectivity index (χ4v) is 2.18. The van der Waals surface area contributed by atoms with Crippen LogP contribution in [0.5, 0.6) is 0 Å². The fraction of sp³-hybridized carbons (Fsp3) is 0.400. The molecule has 2 nitrogen and oxygen atoms in total. The number of aromatic nitrogens is 1. The van der Waals surface area contributed by atoms with E-state index in [0.717, 1.165) is 24.5 Å². The van der Waals surface area contributed by atoms with Crippen molar-refractivity contribution in [2.24, 2.45) is 5.92 Å². The monoisotopic (exact) mass is 226 g/mol. The molecule has 17 heavy (non-hydrogen) atoms. The van der Waals surface area contributed by atoms with Gasteiger partial charge in [0.05, 0.1) is 5.52 Å². The van der Waals surface area contributed by atoms with Crippen molar-refractivity contribution in [1.29, 1.82) is 0 Å². The number of benzene rings is 1. The summed E-state index contributed by atoms with van der Waals surface area (Å²) in [5.74, 6) is 1.02. The summed E-state index contributed by atoms with van der Waals surface area (Å²) in [6.45, 7) is 2.12. The van der Waals surface area contributed by atoms with Gasteiger partial charge in [0.2, 0.25) is 0 Å². The van der Waals surface area contributed by atoms with Crippen LogP contribution < -0.4 is 5.32 Å². The van der Waals surface area contributed by atoms with Crippen LogP contribution in [0.3, 0.4) is 0 Å². The summed E-state index contributed by atoms with van der Waals surface area (Å²) >= 11 is 0. The maximum Gasteiger partial charge on any atom is 0.0702 e. The first-order valence-electron chi connectivity index (χ1n) is 6.46. The highest BCUT2D eigenvalue weighted by atomic mass is 14.8. The van der Waals surface area contributed by atoms with Crippen molar-refractivity contribution in [1.82, 2.24) is 10.3 Å². The molecule has 0 unspecified atom stereocenters. The van der Waals surface area contributed by atoms with E-state index in [1.807, 2.05) is 12.3 Å². The van der Waals surface area contributed by atoms with Crippen LogP contribution in [0.2, 0.25) is 0 Å². The average Bonchev–Trinajstić information content (AvgIpc) is 3.18. The second-order valence-corrected chi connectivity index (χ2v) is 4.94. The molecule has 0 aliphatic heterocycles. The van der Waals surface area contributed by atoms with Gasteiger partial charge < -0.3 is 5.32 Å². The Morgan fingerprint density at radius 2 is 2.18 bits per heavy atom. The molecule has 1 N–H and O–H groups in total. The number of fused-ring (bicyclic) bond motifs is 1. The van der Waals surface area contributed by atoms with E-state index in [0.29, 0.717) is 0 Å². The largest absolute Gasteiger partial charge is 0.313 e. The molecule has 1 fully saturated rings. The number of hydrogen-bond donors (Lipinski definition) is 1. The first-order chi connectivity index (χ1) is 8.42. The lowest BCUT2D eigenvalue weighted by Gasteiger charge is -2.05. The predicted octanol–water partition coefficient (Wildman–Crippen LogP) is 3.12. The smallest absolute Gasteiger partial charge is 0.0702 e. The van der Waals surface area contributed by atoms with E-state index >= 15 is 0 Å². The second kappa shape index (κ2) is 4.84. The zero-order chi connectivity index (χ0) is 11.5. The van der Waals surface area contributed by atoms with Gasteiger partial charge in [0.25, 0.3) is 0 Å². The van der Waals surface area contributed by atoms with Gasteiger partial charge in [0.1, 0.15) is 0 Å². The quantitative estimate of drug-likeness (QED) is 0.792. The Hall–Kier alpha value is -1.41. The first kappa shape index (κ1) is 10.7. The summed E-state index contributed by atoms with van der Waals surface area (Å²) in [5, 5.41) is 4.75. The van der Waals surface area contributed by atoms with E-state index in [9.17, 15) is 0 Å². The maximum atomic E-state index is 4.33. The summed E-state index contributed by atoms with van der Waals surface area (Å²) in [7, 11) is 0. The number of rotatable bonds is 5. The number of pyridine rings is 1. The molecule has 0 radical (unpaired) electrons. The minimum Gasteiger partial charge on any atom is -0.313 e. The summed E-state index contributed by atoms with van der Waals surface area (Å²) < 4.78 is 0. The van der Waals surface area contributed by atoms with Crippen molar-refractivity contribution >= 4 is 10.9 Å².